The predicted molar refractivity (Wildman–Crippen MR) is 109 cm³/mol. The number of nitrogens with zero attached hydrogens (tertiary/aromatic N) is 2. The van der Waals surface area contributed by atoms with Gasteiger partial charge in [0.05, 0.1) is 17.5 Å². The fourth-order valence-corrected chi connectivity index (χ4v) is 3.28. The number of aliphatic hydroxyl groups excluding tert-OH is 1. The SMILES string of the molecule is CC(=O)Nc1cc(NC(=O)N2CCN(CC(O)c3ccccc3)CC2)c(F)cc1F. The van der Waals surface area contributed by atoms with Gasteiger partial charge < -0.3 is 20.6 Å². The van der Waals surface area contributed by atoms with Gasteiger partial charge in [0.1, 0.15) is 11.6 Å². The van der Waals surface area contributed by atoms with Crippen LogP contribution in [-0.4, -0.2) is 59.6 Å². The molecule has 0 saturated carbocycles. The third-order valence-corrected chi connectivity index (χ3v) is 4.88. The number of benzene rings is 2. The van der Waals surface area contributed by atoms with Crippen molar-refractivity contribution in [2.24, 2.45) is 0 Å². The zero-order valence-corrected chi connectivity index (χ0v) is 16.6. The molecule has 0 aliphatic carbocycles. The fraction of sp³-hybridized carbons (Fsp3) is 0.333. The summed E-state index contributed by atoms with van der Waals surface area (Å²) in [5, 5.41) is 15.0. The van der Waals surface area contributed by atoms with E-state index >= 15 is 0 Å². The Balaban J connectivity index is 1.55. The number of carbonyl (C=O) groups excluding carboxylic acids is 2. The van der Waals surface area contributed by atoms with Gasteiger partial charge in [-0.15, -0.1) is 0 Å². The summed E-state index contributed by atoms with van der Waals surface area (Å²) in [5.41, 5.74) is 0.408. The zero-order valence-electron chi connectivity index (χ0n) is 16.6. The van der Waals surface area contributed by atoms with E-state index in [0.29, 0.717) is 38.8 Å². The van der Waals surface area contributed by atoms with Crippen molar-refractivity contribution >= 4 is 23.3 Å². The normalized spacial score (nSPS) is 15.5. The van der Waals surface area contributed by atoms with Crippen LogP contribution in [0, 0.1) is 11.6 Å². The van der Waals surface area contributed by atoms with E-state index in [1.54, 1.807) is 0 Å². The molecule has 0 bridgehead atoms. The number of β-amino-alcohol motifs (C(OH)–C–C–N with tert-alkyl or cyclic N) is 1. The zero-order chi connectivity index (χ0) is 21.7. The molecule has 3 N–H and O–H groups in total. The van der Waals surface area contributed by atoms with Crippen molar-refractivity contribution in [3.8, 4) is 0 Å². The van der Waals surface area contributed by atoms with Crippen LogP contribution in [0.15, 0.2) is 42.5 Å². The van der Waals surface area contributed by atoms with E-state index in [-0.39, 0.29) is 11.4 Å². The molecule has 1 aliphatic rings. The van der Waals surface area contributed by atoms with Crippen LogP contribution >= 0.6 is 0 Å². The Morgan fingerprint density at radius 1 is 1.00 bits per heavy atom. The van der Waals surface area contributed by atoms with Gasteiger partial charge in [0.25, 0.3) is 0 Å². The van der Waals surface area contributed by atoms with Crippen LogP contribution in [0.2, 0.25) is 0 Å². The molecule has 1 aliphatic heterocycles. The number of urea groups is 1. The molecule has 0 aromatic heterocycles. The van der Waals surface area contributed by atoms with Crippen LogP contribution in [0.5, 0.6) is 0 Å². The third kappa shape index (κ3) is 5.52. The van der Waals surface area contributed by atoms with Crippen LogP contribution < -0.4 is 10.6 Å². The predicted octanol–water partition coefficient (Wildman–Crippen LogP) is 2.81. The van der Waals surface area contributed by atoms with Crippen molar-refractivity contribution in [2.75, 3.05) is 43.4 Å². The third-order valence-electron chi connectivity index (χ3n) is 4.88. The topological polar surface area (TPSA) is 84.9 Å². The van der Waals surface area contributed by atoms with Gasteiger partial charge in [0.2, 0.25) is 5.91 Å². The fourth-order valence-electron chi connectivity index (χ4n) is 3.28. The number of halogens is 2. The summed E-state index contributed by atoms with van der Waals surface area (Å²) in [7, 11) is 0. The van der Waals surface area contributed by atoms with E-state index in [0.717, 1.165) is 11.6 Å². The summed E-state index contributed by atoms with van der Waals surface area (Å²) >= 11 is 0. The molecule has 0 spiro atoms. The van der Waals surface area contributed by atoms with Gasteiger partial charge in [-0.1, -0.05) is 30.3 Å². The van der Waals surface area contributed by atoms with Gasteiger partial charge in [0.15, 0.2) is 0 Å². The standard InChI is InChI=1S/C21H24F2N4O3/c1-14(28)24-18-12-19(17(23)11-16(18)22)25-21(30)27-9-7-26(8-10-27)13-20(29)15-5-3-2-4-6-15/h2-6,11-12,20,29H,7-10,13H2,1H3,(H,24,28)(H,25,30). The molecular formula is C21H24F2N4O3. The average molecular weight is 418 g/mol. The van der Waals surface area contributed by atoms with Crippen molar-refractivity contribution in [3.05, 3.63) is 59.7 Å². The molecule has 1 heterocycles. The maximum absolute atomic E-state index is 14.0. The minimum atomic E-state index is -0.931. The molecular weight excluding hydrogens is 394 g/mol. The number of amides is 3. The molecule has 1 fully saturated rings. The summed E-state index contributed by atoms with van der Waals surface area (Å²) in [6.07, 6.45) is -0.618. The van der Waals surface area contributed by atoms with Crippen LogP contribution in [0.1, 0.15) is 18.6 Å². The van der Waals surface area contributed by atoms with Crippen LogP contribution in [0.3, 0.4) is 0 Å². The summed E-state index contributed by atoms with van der Waals surface area (Å²) in [5.74, 6) is -2.36. The Hall–Kier alpha value is -3.04. The van der Waals surface area contributed by atoms with Gasteiger partial charge >= 0.3 is 6.03 Å². The molecule has 1 saturated heterocycles. The Labute approximate surface area is 173 Å². The van der Waals surface area contributed by atoms with Crippen molar-refractivity contribution in [1.29, 1.82) is 0 Å². The molecule has 1 unspecified atom stereocenters. The van der Waals surface area contributed by atoms with Gasteiger partial charge in [-0.3, -0.25) is 9.69 Å². The Morgan fingerprint density at radius 2 is 1.60 bits per heavy atom. The number of nitrogens with one attached hydrogen (secondary N) is 2. The first kappa shape index (κ1) is 21.7. The summed E-state index contributed by atoms with van der Waals surface area (Å²) in [6.45, 7) is 3.56. The van der Waals surface area contributed by atoms with E-state index < -0.39 is 29.7 Å². The lowest BCUT2D eigenvalue weighted by Gasteiger charge is -2.35. The quantitative estimate of drug-likeness (QED) is 0.697. The lowest BCUT2D eigenvalue weighted by molar-refractivity contribution is -0.114. The molecule has 9 heteroatoms. The number of hydrogen-bond acceptors (Lipinski definition) is 4. The van der Waals surface area contributed by atoms with E-state index in [1.807, 2.05) is 30.3 Å². The van der Waals surface area contributed by atoms with Gasteiger partial charge in [-0.25, -0.2) is 13.6 Å². The molecule has 160 valence electrons. The Kier molecular flexibility index (Phi) is 6.96. The van der Waals surface area contributed by atoms with Crippen LogP contribution in [0.25, 0.3) is 0 Å². The molecule has 30 heavy (non-hydrogen) atoms. The van der Waals surface area contributed by atoms with Crippen LogP contribution in [0.4, 0.5) is 25.0 Å². The first-order valence-electron chi connectivity index (χ1n) is 9.61. The van der Waals surface area contributed by atoms with Crippen molar-refractivity contribution in [2.45, 2.75) is 13.0 Å². The van der Waals surface area contributed by atoms with Crippen molar-refractivity contribution in [1.82, 2.24) is 9.80 Å². The smallest absolute Gasteiger partial charge is 0.322 e. The van der Waals surface area contributed by atoms with E-state index in [9.17, 15) is 23.5 Å². The van der Waals surface area contributed by atoms with Crippen molar-refractivity contribution in [3.63, 3.8) is 0 Å². The van der Waals surface area contributed by atoms with E-state index in [2.05, 4.69) is 15.5 Å². The highest BCUT2D eigenvalue weighted by molar-refractivity contribution is 5.92. The number of hydrogen-bond donors (Lipinski definition) is 3. The second-order valence-electron chi connectivity index (χ2n) is 7.14. The molecule has 7 nitrogen and oxygen atoms in total. The summed E-state index contributed by atoms with van der Waals surface area (Å²) < 4.78 is 27.8. The van der Waals surface area contributed by atoms with Crippen molar-refractivity contribution < 1.29 is 23.5 Å². The van der Waals surface area contributed by atoms with E-state index in [1.165, 1.54) is 11.8 Å². The first-order chi connectivity index (χ1) is 14.3. The number of anilines is 2. The summed E-state index contributed by atoms with van der Waals surface area (Å²) in [6, 6.07) is 10.5. The number of rotatable bonds is 5. The van der Waals surface area contributed by atoms with Gasteiger partial charge in [-0.05, 0) is 11.6 Å². The highest BCUT2D eigenvalue weighted by Gasteiger charge is 2.24. The lowest BCUT2D eigenvalue weighted by Crippen LogP contribution is -2.50. The molecule has 2 aromatic rings. The second kappa shape index (κ2) is 9.64. The minimum absolute atomic E-state index is 0.209. The number of aliphatic hydroxyl groups is 1. The Bertz CT molecular complexity index is 903. The lowest BCUT2D eigenvalue weighted by atomic mass is 10.1. The molecule has 3 rings (SSSR count). The Morgan fingerprint density at radius 3 is 2.20 bits per heavy atom. The largest absolute Gasteiger partial charge is 0.387 e. The van der Waals surface area contributed by atoms with E-state index in [4.69, 9.17) is 0 Å². The average Bonchev–Trinajstić information content (AvgIpc) is 2.72. The highest BCUT2D eigenvalue weighted by Crippen LogP contribution is 2.24. The monoisotopic (exact) mass is 418 g/mol. The maximum atomic E-state index is 14.0. The molecule has 1 atom stereocenters. The number of carbonyl (C=O) groups is 2. The summed E-state index contributed by atoms with van der Waals surface area (Å²) in [4.78, 5) is 27.2. The minimum Gasteiger partial charge on any atom is -0.387 e. The van der Waals surface area contributed by atoms with Crippen LogP contribution in [-0.2, 0) is 4.79 Å². The second-order valence-corrected chi connectivity index (χ2v) is 7.14. The molecule has 3 amide bonds. The van der Waals surface area contributed by atoms with Gasteiger partial charge in [-0.2, -0.15) is 0 Å². The molecule has 0 radical (unpaired) electrons. The highest BCUT2D eigenvalue weighted by atomic mass is 19.1. The first-order valence-corrected chi connectivity index (χ1v) is 9.61. The molecule has 2 aromatic carbocycles. The van der Waals surface area contributed by atoms with Gasteiger partial charge in [0, 0.05) is 45.7 Å². The number of piperazine rings is 1. The maximum Gasteiger partial charge on any atom is 0.322 e.